The molecule has 1 aromatic carbocycles. The number of nitrogens with zero attached hydrogens (tertiary/aromatic N) is 1. The van der Waals surface area contributed by atoms with Crippen LogP contribution in [0, 0.1) is 5.92 Å². The lowest BCUT2D eigenvalue weighted by molar-refractivity contribution is 0.0954. The Labute approximate surface area is 168 Å². The molecular formula is C18H31IN4O2. The summed E-state index contributed by atoms with van der Waals surface area (Å²) in [5.41, 5.74) is 0.589. The van der Waals surface area contributed by atoms with Crippen LogP contribution in [0.2, 0.25) is 0 Å². The first kappa shape index (κ1) is 23.5. The summed E-state index contributed by atoms with van der Waals surface area (Å²) in [5.74, 6) is 1.97. The van der Waals surface area contributed by atoms with E-state index in [4.69, 9.17) is 4.74 Å². The van der Waals surface area contributed by atoms with Gasteiger partial charge >= 0.3 is 0 Å². The average Bonchev–Trinajstić information content (AvgIpc) is 2.63. The number of carbonyl (C=O) groups is 1. The molecule has 3 N–H and O–H groups in total. The van der Waals surface area contributed by atoms with Crippen LogP contribution in [0.25, 0.3) is 0 Å². The summed E-state index contributed by atoms with van der Waals surface area (Å²) < 4.78 is 5.12. The highest BCUT2D eigenvalue weighted by molar-refractivity contribution is 14.0. The van der Waals surface area contributed by atoms with Crippen LogP contribution in [0.4, 0.5) is 0 Å². The molecule has 1 amide bonds. The molecule has 0 aromatic heterocycles. The number of nitrogens with one attached hydrogen (secondary N) is 3. The standard InChI is InChI=1S/C18H30N4O2.HI/c1-5-14(6-2)13-22-18(19-3)21-11-10-20-17(23)15-8-7-9-16(12-15)24-4;/h7-9,12,14H,5-6,10-11,13H2,1-4H3,(H,20,23)(H2,19,21,22);1H. The van der Waals surface area contributed by atoms with E-state index in [-0.39, 0.29) is 29.9 Å². The Morgan fingerprint density at radius 1 is 1.16 bits per heavy atom. The fraction of sp³-hybridized carbons (Fsp3) is 0.556. The third-order valence-electron chi connectivity index (χ3n) is 3.97. The number of amides is 1. The molecule has 0 aliphatic heterocycles. The molecule has 0 heterocycles. The number of carbonyl (C=O) groups excluding carboxylic acids is 1. The summed E-state index contributed by atoms with van der Waals surface area (Å²) in [6.45, 7) is 6.42. The zero-order valence-electron chi connectivity index (χ0n) is 15.6. The fourth-order valence-corrected chi connectivity index (χ4v) is 2.26. The number of ether oxygens (including phenoxy) is 1. The third kappa shape index (κ3) is 8.94. The van der Waals surface area contributed by atoms with Crippen molar-refractivity contribution in [3.63, 3.8) is 0 Å². The first-order valence-corrected chi connectivity index (χ1v) is 8.51. The van der Waals surface area contributed by atoms with E-state index in [0.717, 1.165) is 25.3 Å². The van der Waals surface area contributed by atoms with Crippen LogP contribution < -0.4 is 20.7 Å². The maximum atomic E-state index is 12.1. The van der Waals surface area contributed by atoms with Crippen molar-refractivity contribution in [3.8, 4) is 5.75 Å². The first-order valence-electron chi connectivity index (χ1n) is 8.51. The zero-order valence-corrected chi connectivity index (χ0v) is 17.9. The molecule has 0 atom stereocenters. The molecule has 0 radical (unpaired) electrons. The van der Waals surface area contributed by atoms with Gasteiger partial charge in [-0.15, -0.1) is 24.0 Å². The Kier molecular flexibility index (Phi) is 12.9. The van der Waals surface area contributed by atoms with Gasteiger partial charge in [0, 0.05) is 32.2 Å². The molecule has 0 bridgehead atoms. The number of rotatable bonds is 9. The molecule has 25 heavy (non-hydrogen) atoms. The van der Waals surface area contributed by atoms with E-state index >= 15 is 0 Å². The third-order valence-corrected chi connectivity index (χ3v) is 3.97. The van der Waals surface area contributed by atoms with Crippen LogP contribution in [0.5, 0.6) is 5.75 Å². The highest BCUT2D eigenvalue weighted by Crippen LogP contribution is 2.12. The average molecular weight is 462 g/mol. The molecule has 0 spiro atoms. The van der Waals surface area contributed by atoms with Gasteiger partial charge in [-0.2, -0.15) is 0 Å². The monoisotopic (exact) mass is 462 g/mol. The van der Waals surface area contributed by atoms with Gasteiger partial charge in [0.05, 0.1) is 7.11 Å². The number of aliphatic imine (C=N–C) groups is 1. The van der Waals surface area contributed by atoms with Crippen molar-refractivity contribution in [3.05, 3.63) is 29.8 Å². The Morgan fingerprint density at radius 2 is 1.84 bits per heavy atom. The van der Waals surface area contributed by atoms with Crippen LogP contribution in [0.15, 0.2) is 29.3 Å². The first-order chi connectivity index (χ1) is 11.6. The second-order valence-corrected chi connectivity index (χ2v) is 5.55. The maximum Gasteiger partial charge on any atom is 0.251 e. The minimum absolute atomic E-state index is 0. The Morgan fingerprint density at radius 3 is 2.44 bits per heavy atom. The lowest BCUT2D eigenvalue weighted by atomic mass is 10.0. The maximum absolute atomic E-state index is 12.1. The summed E-state index contributed by atoms with van der Waals surface area (Å²) >= 11 is 0. The predicted octanol–water partition coefficient (Wildman–Crippen LogP) is 2.64. The number of methoxy groups -OCH3 is 1. The molecule has 142 valence electrons. The Bertz CT molecular complexity index is 534. The van der Waals surface area contributed by atoms with Gasteiger partial charge in [-0.1, -0.05) is 32.8 Å². The molecule has 0 aliphatic rings. The van der Waals surface area contributed by atoms with Crippen LogP contribution >= 0.6 is 24.0 Å². The largest absolute Gasteiger partial charge is 0.497 e. The van der Waals surface area contributed by atoms with Crippen LogP contribution in [0.1, 0.15) is 37.0 Å². The van der Waals surface area contributed by atoms with Gasteiger partial charge in [-0.3, -0.25) is 9.79 Å². The smallest absolute Gasteiger partial charge is 0.251 e. The van der Waals surface area contributed by atoms with Crippen molar-refractivity contribution >= 4 is 35.8 Å². The van der Waals surface area contributed by atoms with Gasteiger partial charge in [-0.25, -0.2) is 0 Å². The quantitative estimate of drug-likeness (QED) is 0.228. The number of hydrogen-bond donors (Lipinski definition) is 3. The predicted molar refractivity (Wildman–Crippen MR) is 114 cm³/mol. The molecule has 0 aliphatic carbocycles. The van der Waals surface area contributed by atoms with Crippen molar-refractivity contribution in [2.75, 3.05) is 33.8 Å². The minimum Gasteiger partial charge on any atom is -0.497 e. The molecule has 0 saturated heterocycles. The Balaban J connectivity index is 0.00000576. The number of halogens is 1. The molecule has 0 saturated carbocycles. The molecule has 1 rings (SSSR count). The van der Waals surface area contributed by atoms with Crippen molar-refractivity contribution < 1.29 is 9.53 Å². The number of hydrogen-bond acceptors (Lipinski definition) is 3. The summed E-state index contributed by atoms with van der Waals surface area (Å²) in [5, 5.41) is 9.39. The molecular weight excluding hydrogens is 431 g/mol. The molecule has 1 aromatic rings. The topological polar surface area (TPSA) is 74.8 Å². The highest BCUT2D eigenvalue weighted by atomic mass is 127. The molecule has 0 unspecified atom stereocenters. The van der Waals surface area contributed by atoms with Crippen LogP contribution in [-0.4, -0.2) is 45.7 Å². The summed E-state index contributed by atoms with van der Waals surface area (Å²) in [4.78, 5) is 16.3. The molecule has 6 nitrogen and oxygen atoms in total. The van der Waals surface area contributed by atoms with Crippen LogP contribution in [-0.2, 0) is 0 Å². The van der Waals surface area contributed by atoms with Gasteiger partial charge in [-0.05, 0) is 24.1 Å². The second-order valence-electron chi connectivity index (χ2n) is 5.55. The highest BCUT2D eigenvalue weighted by Gasteiger charge is 2.07. The van der Waals surface area contributed by atoms with Crippen molar-refractivity contribution in [1.29, 1.82) is 0 Å². The Hall–Kier alpha value is -1.51. The van der Waals surface area contributed by atoms with Gasteiger partial charge < -0.3 is 20.7 Å². The van der Waals surface area contributed by atoms with E-state index in [1.165, 1.54) is 0 Å². The lowest BCUT2D eigenvalue weighted by Crippen LogP contribution is -2.43. The normalized spacial score (nSPS) is 10.8. The van der Waals surface area contributed by atoms with E-state index in [2.05, 4.69) is 34.8 Å². The summed E-state index contributed by atoms with van der Waals surface area (Å²) in [6.07, 6.45) is 2.30. The lowest BCUT2D eigenvalue weighted by Gasteiger charge is -2.16. The van der Waals surface area contributed by atoms with E-state index < -0.39 is 0 Å². The summed E-state index contributed by atoms with van der Waals surface area (Å²) in [6, 6.07) is 7.10. The summed E-state index contributed by atoms with van der Waals surface area (Å²) in [7, 11) is 3.33. The SMILES string of the molecule is CCC(CC)CNC(=NC)NCCNC(=O)c1cccc(OC)c1.I. The van der Waals surface area contributed by atoms with Crippen molar-refractivity contribution in [2.24, 2.45) is 10.9 Å². The number of benzene rings is 1. The van der Waals surface area contributed by atoms with Crippen molar-refractivity contribution in [2.45, 2.75) is 26.7 Å². The van der Waals surface area contributed by atoms with Crippen molar-refractivity contribution in [1.82, 2.24) is 16.0 Å². The van der Waals surface area contributed by atoms with E-state index in [1.807, 2.05) is 6.07 Å². The minimum atomic E-state index is -0.115. The second kappa shape index (κ2) is 13.7. The fourth-order valence-electron chi connectivity index (χ4n) is 2.26. The van der Waals surface area contributed by atoms with Gasteiger partial charge in [0.15, 0.2) is 5.96 Å². The van der Waals surface area contributed by atoms with E-state index in [9.17, 15) is 4.79 Å². The van der Waals surface area contributed by atoms with E-state index in [0.29, 0.717) is 30.3 Å². The van der Waals surface area contributed by atoms with Gasteiger partial charge in [0.2, 0.25) is 0 Å². The van der Waals surface area contributed by atoms with Gasteiger partial charge in [0.25, 0.3) is 5.91 Å². The van der Waals surface area contributed by atoms with Crippen LogP contribution in [0.3, 0.4) is 0 Å². The number of guanidine groups is 1. The zero-order chi connectivity index (χ0) is 17.8. The van der Waals surface area contributed by atoms with Gasteiger partial charge in [0.1, 0.15) is 5.75 Å². The van der Waals surface area contributed by atoms with E-state index in [1.54, 1.807) is 32.4 Å². The molecule has 7 heteroatoms. The molecule has 0 fully saturated rings.